The first-order chi connectivity index (χ1) is 8.60. The molecule has 0 amide bonds. The van der Waals surface area contributed by atoms with Crippen molar-refractivity contribution in [2.75, 3.05) is 12.4 Å². The van der Waals surface area contributed by atoms with E-state index in [4.69, 9.17) is 15.7 Å². The molecule has 100 valence electrons. The van der Waals surface area contributed by atoms with E-state index < -0.39 is 0 Å². The fraction of sp³-hybridized carbons (Fsp3) is 0.417. The van der Waals surface area contributed by atoms with Crippen LogP contribution in [-0.4, -0.2) is 24.2 Å². The van der Waals surface area contributed by atoms with Crippen LogP contribution in [0.4, 0.5) is 10.1 Å². The molecule has 6 heteroatoms. The first-order valence-electron chi connectivity index (χ1n) is 5.67. The summed E-state index contributed by atoms with van der Waals surface area (Å²) in [6, 6.07) is 4.34. The molecular formula is C12H18FN3O2. The van der Waals surface area contributed by atoms with Gasteiger partial charge in [-0.05, 0) is 18.6 Å². The van der Waals surface area contributed by atoms with Gasteiger partial charge >= 0.3 is 0 Å². The Labute approximate surface area is 105 Å². The second kappa shape index (κ2) is 6.68. The van der Waals surface area contributed by atoms with Crippen LogP contribution >= 0.6 is 0 Å². The van der Waals surface area contributed by atoms with Gasteiger partial charge in [-0.3, -0.25) is 0 Å². The van der Waals surface area contributed by atoms with Crippen molar-refractivity contribution in [3.8, 4) is 5.75 Å². The SMILES string of the molecule is CCC(CC(N)=NO)Nc1cc(OC)ccc1F. The van der Waals surface area contributed by atoms with Gasteiger partial charge in [0.1, 0.15) is 17.4 Å². The number of hydrogen-bond acceptors (Lipinski definition) is 4. The van der Waals surface area contributed by atoms with Crippen LogP contribution in [0.25, 0.3) is 0 Å². The molecule has 0 aliphatic carbocycles. The molecule has 0 aliphatic rings. The summed E-state index contributed by atoms with van der Waals surface area (Å²) in [6.07, 6.45) is 1.05. The summed E-state index contributed by atoms with van der Waals surface area (Å²) in [5, 5.41) is 14.4. The predicted molar refractivity (Wildman–Crippen MR) is 68.7 cm³/mol. The summed E-state index contributed by atoms with van der Waals surface area (Å²) in [7, 11) is 1.52. The number of nitrogens with two attached hydrogens (primary N) is 1. The van der Waals surface area contributed by atoms with Crippen LogP contribution in [0.15, 0.2) is 23.4 Å². The minimum atomic E-state index is -0.367. The maximum absolute atomic E-state index is 13.6. The first-order valence-corrected chi connectivity index (χ1v) is 5.67. The molecule has 0 aromatic heterocycles. The zero-order valence-corrected chi connectivity index (χ0v) is 10.5. The van der Waals surface area contributed by atoms with E-state index in [1.54, 1.807) is 12.1 Å². The standard InChI is InChI=1S/C12H18FN3O2/c1-3-8(6-12(14)16-17)15-11-7-9(18-2)4-5-10(11)13/h4-5,7-8,15,17H,3,6H2,1-2H3,(H2,14,16). The summed E-state index contributed by atoms with van der Waals surface area (Å²) in [4.78, 5) is 0. The zero-order valence-electron chi connectivity index (χ0n) is 10.5. The molecular weight excluding hydrogens is 237 g/mol. The number of benzene rings is 1. The van der Waals surface area contributed by atoms with E-state index >= 15 is 0 Å². The fourth-order valence-corrected chi connectivity index (χ4v) is 1.55. The summed E-state index contributed by atoms with van der Waals surface area (Å²) >= 11 is 0. The molecule has 4 N–H and O–H groups in total. The summed E-state index contributed by atoms with van der Waals surface area (Å²) in [5.74, 6) is 0.309. The van der Waals surface area contributed by atoms with Gasteiger partial charge in [0.25, 0.3) is 0 Å². The highest BCUT2D eigenvalue weighted by Crippen LogP contribution is 2.22. The van der Waals surface area contributed by atoms with Gasteiger partial charge in [-0.25, -0.2) is 4.39 Å². The molecule has 0 saturated heterocycles. The lowest BCUT2D eigenvalue weighted by Gasteiger charge is -2.18. The lowest BCUT2D eigenvalue weighted by molar-refractivity contribution is 0.316. The number of halogens is 1. The summed E-state index contributed by atoms with van der Waals surface area (Å²) < 4.78 is 18.6. The monoisotopic (exact) mass is 255 g/mol. The lowest BCUT2D eigenvalue weighted by atomic mass is 10.1. The van der Waals surface area contributed by atoms with Crippen LogP contribution in [0.5, 0.6) is 5.75 Å². The first kappa shape index (κ1) is 14.1. The van der Waals surface area contributed by atoms with Crippen LogP contribution in [0, 0.1) is 5.82 Å². The highest BCUT2D eigenvalue weighted by molar-refractivity contribution is 5.80. The van der Waals surface area contributed by atoms with Crippen LogP contribution in [0.2, 0.25) is 0 Å². The number of ether oxygens (including phenoxy) is 1. The van der Waals surface area contributed by atoms with Crippen LogP contribution in [-0.2, 0) is 0 Å². The van der Waals surface area contributed by atoms with Gasteiger partial charge in [-0.1, -0.05) is 12.1 Å². The summed E-state index contributed by atoms with van der Waals surface area (Å²) in [5.41, 5.74) is 5.78. The van der Waals surface area contributed by atoms with E-state index in [2.05, 4.69) is 10.5 Å². The Morgan fingerprint density at radius 3 is 2.89 bits per heavy atom. The number of amidine groups is 1. The molecule has 1 atom stereocenters. The van der Waals surface area contributed by atoms with E-state index in [1.807, 2.05) is 6.92 Å². The highest BCUT2D eigenvalue weighted by Gasteiger charge is 2.12. The van der Waals surface area contributed by atoms with Crippen molar-refractivity contribution in [3.05, 3.63) is 24.0 Å². The van der Waals surface area contributed by atoms with Crippen LogP contribution < -0.4 is 15.8 Å². The van der Waals surface area contributed by atoms with Crippen molar-refractivity contribution >= 4 is 11.5 Å². The molecule has 1 unspecified atom stereocenters. The zero-order chi connectivity index (χ0) is 13.5. The number of nitrogens with one attached hydrogen (secondary N) is 1. The quantitative estimate of drug-likeness (QED) is 0.315. The Bertz CT molecular complexity index is 424. The van der Waals surface area contributed by atoms with Crippen molar-refractivity contribution in [2.24, 2.45) is 10.9 Å². The molecule has 18 heavy (non-hydrogen) atoms. The Kier molecular flexibility index (Phi) is 5.23. The third kappa shape index (κ3) is 3.80. The Morgan fingerprint density at radius 2 is 2.33 bits per heavy atom. The highest BCUT2D eigenvalue weighted by atomic mass is 19.1. The molecule has 5 nitrogen and oxygen atoms in total. The molecule has 0 bridgehead atoms. The van der Waals surface area contributed by atoms with Gasteiger partial charge in [0.2, 0.25) is 0 Å². The van der Waals surface area contributed by atoms with E-state index in [0.29, 0.717) is 24.3 Å². The Hall–Kier alpha value is -1.98. The number of nitrogens with zero attached hydrogens (tertiary/aromatic N) is 1. The second-order valence-electron chi connectivity index (χ2n) is 3.89. The van der Waals surface area contributed by atoms with Gasteiger partial charge in [-0.2, -0.15) is 0 Å². The normalized spacial score (nSPS) is 13.2. The lowest BCUT2D eigenvalue weighted by Crippen LogP contribution is -2.26. The number of anilines is 1. The molecule has 0 radical (unpaired) electrons. The fourth-order valence-electron chi connectivity index (χ4n) is 1.55. The van der Waals surface area contributed by atoms with Crippen molar-refractivity contribution in [3.63, 3.8) is 0 Å². The van der Waals surface area contributed by atoms with Gasteiger partial charge in [0, 0.05) is 18.5 Å². The molecule has 1 rings (SSSR count). The maximum Gasteiger partial charge on any atom is 0.146 e. The minimum Gasteiger partial charge on any atom is -0.497 e. The third-order valence-corrected chi connectivity index (χ3v) is 2.61. The van der Waals surface area contributed by atoms with Crippen molar-refractivity contribution in [1.82, 2.24) is 0 Å². The van der Waals surface area contributed by atoms with Crippen molar-refractivity contribution in [1.29, 1.82) is 0 Å². The van der Waals surface area contributed by atoms with E-state index in [9.17, 15) is 4.39 Å². The average molecular weight is 255 g/mol. The predicted octanol–water partition coefficient (Wildman–Crippen LogP) is 2.16. The number of rotatable bonds is 6. The van der Waals surface area contributed by atoms with Gasteiger partial charge < -0.3 is 21.0 Å². The van der Waals surface area contributed by atoms with Crippen molar-refractivity contribution < 1.29 is 14.3 Å². The smallest absolute Gasteiger partial charge is 0.146 e. The second-order valence-corrected chi connectivity index (χ2v) is 3.89. The minimum absolute atomic E-state index is 0.109. The molecule has 0 aliphatic heterocycles. The van der Waals surface area contributed by atoms with Gasteiger partial charge in [-0.15, -0.1) is 0 Å². The number of methoxy groups -OCH3 is 1. The maximum atomic E-state index is 13.6. The molecule has 0 spiro atoms. The largest absolute Gasteiger partial charge is 0.497 e. The Balaban J connectivity index is 2.80. The molecule has 0 saturated carbocycles. The van der Waals surface area contributed by atoms with Crippen LogP contribution in [0.1, 0.15) is 19.8 Å². The topological polar surface area (TPSA) is 79.9 Å². The Morgan fingerprint density at radius 1 is 1.61 bits per heavy atom. The van der Waals surface area contributed by atoms with Crippen molar-refractivity contribution in [2.45, 2.75) is 25.8 Å². The summed E-state index contributed by atoms with van der Waals surface area (Å²) in [6.45, 7) is 1.93. The van der Waals surface area contributed by atoms with E-state index in [0.717, 1.165) is 0 Å². The van der Waals surface area contributed by atoms with E-state index in [-0.39, 0.29) is 17.7 Å². The number of oxime groups is 1. The van der Waals surface area contributed by atoms with Crippen LogP contribution in [0.3, 0.4) is 0 Å². The molecule has 1 aromatic rings. The van der Waals surface area contributed by atoms with Gasteiger partial charge in [0.15, 0.2) is 0 Å². The third-order valence-electron chi connectivity index (χ3n) is 2.61. The number of hydrogen-bond donors (Lipinski definition) is 3. The average Bonchev–Trinajstić information content (AvgIpc) is 2.39. The van der Waals surface area contributed by atoms with E-state index in [1.165, 1.54) is 13.2 Å². The molecule has 0 fully saturated rings. The van der Waals surface area contributed by atoms with Gasteiger partial charge in [0.05, 0.1) is 12.8 Å². The molecule has 0 heterocycles. The molecule has 1 aromatic carbocycles.